The molecule has 0 aliphatic heterocycles. The zero-order valence-corrected chi connectivity index (χ0v) is 12.8. The van der Waals surface area contributed by atoms with E-state index in [1.165, 1.54) is 0 Å². The number of amides is 1. The van der Waals surface area contributed by atoms with Gasteiger partial charge in [0.25, 0.3) is 5.91 Å². The van der Waals surface area contributed by atoms with E-state index in [1.54, 1.807) is 30.3 Å². The summed E-state index contributed by atoms with van der Waals surface area (Å²) >= 11 is 0. The molecule has 0 aliphatic rings. The van der Waals surface area contributed by atoms with Crippen molar-refractivity contribution in [1.29, 1.82) is 0 Å². The summed E-state index contributed by atoms with van der Waals surface area (Å²) in [6.45, 7) is -0.655. The van der Waals surface area contributed by atoms with Crippen LogP contribution >= 0.6 is 0 Å². The van der Waals surface area contributed by atoms with E-state index in [1.807, 2.05) is 0 Å². The van der Waals surface area contributed by atoms with Crippen LogP contribution in [0.5, 0.6) is 0 Å². The molecule has 0 saturated heterocycles. The molecule has 0 spiro atoms. The van der Waals surface area contributed by atoms with Crippen molar-refractivity contribution in [2.75, 3.05) is 6.61 Å². The number of nitrogens with two attached hydrogens (primary N) is 1. The molecule has 8 N–H and O–H groups in total. The molecule has 0 aliphatic carbocycles. The molecule has 9 heteroatoms. The quantitative estimate of drug-likeness (QED) is 0.263. The number of rotatable bonds is 9. The lowest BCUT2D eigenvalue weighted by Gasteiger charge is -2.27. The number of benzene rings is 1. The predicted molar refractivity (Wildman–Crippen MR) is 82.7 cm³/mol. The highest BCUT2D eigenvalue weighted by Crippen LogP contribution is 2.17. The molecule has 0 saturated carbocycles. The Morgan fingerprint density at radius 2 is 1.67 bits per heavy atom. The van der Waals surface area contributed by atoms with Crippen LogP contribution in [0.2, 0.25) is 0 Å². The molecule has 0 unspecified atom stereocenters. The van der Waals surface area contributed by atoms with Crippen molar-refractivity contribution in [3.63, 3.8) is 0 Å². The van der Waals surface area contributed by atoms with Gasteiger partial charge < -0.3 is 36.6 Å². The lowest BCUT2D eigenvalue weighted by Crippen LogP contribution is -2.54. The Bertz CT molecular complexity index is 540. The van der Waals surface area contributed by atoms with E-state index in [2.05, 4.69) is 5.32 Å². The minimum Gasteiger partial charge on any atom is -0.481 e. The highest BCUT2D eigenvalue weighted by atomic mass is 16.4. The summed E-state index contributed by atoms with van der Waals surface area (Å²) in [5.74, 6) is -2.23. The van der Waals surface area contributed by atoms with Crippen LogP contribution in [0.3, 0.4) is 0 Å². The SMILES string of the molecule is N[C@H](CO)[C@H](O)[C@H](O)[C@@H](O)C(=O)N[C@H](CC(=O)O)c1ccccc1. The molecule has 0 heterocycles. The largest absolute Gasteiger partial charge is 0.481 e. The summed E-state index contributed by atoms with van der Waals surface area (Å²) < 4.78 is 0. The van der Waals surface area contributed by atoms with Crippen LogP contribution in [0.25, 0.3) is 0 Å². The molecule has 1 aromatic carbocycles. The van der Waals surface area contributed by atoms with E-state index in [-0.39, 0.29) is 0 Å². The molecular weight excluding hydrogens is 320 g/mol. The molecule has 1 rings (SSSR count). The van der Waals surface area contributed by atoms with Crippen molar-refractivity contribution in [1.82, 2.24) is 5.32 Å². The summed E-state index contributed by atoms with van der Waals surface area (Å²) in [5, 5.41) is 49.3. The summed E-state index contributed by atoms with van der Waals surface area (Å²) in [6, 6.07) is 6.07. The maximum absolute atomic E-state index is 12.0. The number of carboxylic acid groups (broad SMARTS) is 1. The van der Waals surface area contributed by atoms with Crippen molar-refractivity contribution in [2.45, 2.75) is 36.8 Å². The van der Waals surface area contributed by atoms with Crippen molar-refractivity contribution in [3.8, 4) is 0 Å². The Hall–Kier alpha value is -2.04. The van der Waals surface area contributed by atoms with Gasteiger partial charge in [-0.2, -0.15) is 0 Å². The lowest BCUT2D eigenvalue weighted by molar-refractivity contribution is -0.143. The normalized spacial score (nSPS) is 17.4. The first kappa shape index (κ1) is 20.0. The monoisotopic (exact) mass is 342 g/mol. The molecule has 0 bridgehead atoms. The zero-order chi connectivity index (χ0) is 18.3. The average molecular weight is 342 g/mol. The van der Waals surface area contributed by atoms with Gasteiger partial charge in [-0.3, -0.25) is 9.59 Å². The number of hydrogen-bond donors (Lipinski definition) is 7. The van der Waals surface area contributed by atoms with Gasteiger partial charge in [-0.15, -0.1) is 0 Å². The Balaban J connectivity index is 2.82. The van der Waals surface area contributed by atoms with Crippen LogP contribution in [0.4, 0.5) is 0 Å². The van der Waals surface area contributed by atoms with Gasteiger partial charge in [0.05, 0.1) is 25.1 Å². The smallest absolute Gasteiger partial charge is 0.305 e. The number of carboxylic acids is 1. The minimum atomic E-state index is -2.04. The lowest BCUT2D eigenvalue weighted by atomic mass is 9.99. The standard InChI is InChI=1S/C15H22N2O7/c16-9(7-18)12(21)13(22)14(23)15(24)17-10(6-11(19)20)8-4-2-1-3-5-8/h1-5,9-10,12-14,18,21-23H,6-7,16H2,(H,17,24)(H,19,20)/t9-,10-,12+,13+,14-/m1/s1. The van der Waals surface area contributed by atoms with E-state index < -0.39 is 55.3 Å². The maximum Gasteiger partial charge on any atom is 0.305 e. The molecule has 24 heavy (non-hydrogen) atoms. The van der Waals surface area contributed by atoms with E-state index >= 15 is 0 Å². The fourth-order valence-electron chi connectivity index (χ4n) is 2.07. The second-order valence-electron chi connectivity index (χ2n) is 5.34. The van der Waals surface area contributed by atoms with Crippen LogP contribution in [-0.4, -0.2) is 68.4 Å². The van der Waals surface area contributed by atoms with Gasteiger partial charge in [-0.05, 0) is 5.56 Å². The summed E-state index contributed by atoms with van der Waals surface area (Å²) in [7, 11) is 0. The van der Waals surface area contributed by atoms with E-state index in [0.717, 1.165) is 0 Å². The fourth-order valence-corrected chi connectivity index (χ4v) is 2.07. The second-order valence-corrected chi connectivity index (χ2v) is 5.34. The third-order valence-corrected chi connectivity index (χ3v) is 3.49. The zero-order valence-electron chi connectivity index (χ0n) is 12.8. The molecule has 9 nitrogen and oxygen atoms in total. The van der Waals surface area contributed by atoms with Crippen LogP contribution in [0, 0.1) is 0 Å². The Morgan fingerprint density at radius 3 is 2.17 bits per heavy atom. The summed E-state index contributed by atoms with van der Waals surface area (Å²) in [5.41, 5.74) is 5.84. The third-order valence-electron chi connectivity index (χ3n) is 3.49. The van der Waals surface area contributed by atoms with Crippen molar-refractivity contribution in [2.24, 2.45) is 5.73 Å². The maximum atomic E-state index is 12.0. The van der Waals surface area contributed by atoms with Gasteiger partial charge >= 0.3 is 5.97 Å². The first-order chi connectivity index (χ1) is 11.3. The number of carbonyl (C=O) groups excluding carboxylic acids is 1. The van der Waals surface area contributed by atoms with Crippen molar-refractivity contribution in [3.05, 3.63) is 35.9 Å². The molecule has 0 aromatic heterocycles. The molecule has 1 aromatic rings. The first-order valence-electron chi connectivity index (χ1n) is 7.25. The summed E-state index contributed by atoms with van der Waals surface area (Å²) in [4.78, 5) is 23.0. The third kappa shape index (κ3) is 5.55. The summed E-state index contributed by atoms with van der Waals surface area (Å²) in [6.07, 6.45) is -6.14. The minimum absolute atomic E-state index is 0.433. The van der Waals surface area contributed by atoms with Crippen LogP contribution in [0.15, 0.2) is 30.3 Å². The van der Waals surface area contributed by atoms with Crippen molar-refractivity contribution >= 4 is 11.9 Å². The number of aliphatic hydroxyl groups is 4. The first-order valence-corrected chi connectivity index (χ1v) is 7.25. The van der Waals surface area contributed by atoms with E-state index in [4.69, 9.17) is 15.9 Å². The van der Waals surface area contributed by atoms with Gasteiger partial charge in [0, 0.05) is 0 Å². The highest BCUT2D eigenvalue weighted by molar-refractivity contribution is 5.82. The van der Waals surface area contributed by atoms with Crippen molar-refractivity contribution < 1.29 is 35.1 Å². The van der Waals surface area contributed by atoms with Gasteiger partial charge in [-0.25, -0.2) is 0 Å². The molecule has 0 radical (unpaired) electrons. The Morgan fingerprint density at radius 1 is 1.08 bits per heavy atom. The number of aliphatic carboxylic acids is 1. The number of carbonyl (C=O) groups is 2. The fraction of sp³-hybridized carbons (Fsp3) is 0.467. The predicted octanol–water partition coefficient (Wildman–Crippen LogP) is -2.28. The Kier molecular flexibility index (Phi) is 7.75. The van der Waals surface area contributed by atoms with Gasteiger partial charge in [0.2, 0.25) is 0 Å². The van der Waals surface area contributed by atoms with E-state index in [0.29, 0.717) is 5.56 Å². The van der Waals surface area contributed by atoms with Crippen LogP contribution in [0.1, 0.15) is 18.0 Å². The van der Waals surface area contributed by atoms with Crippen LogP contribution in [-0.2, 0) is 9.59 Å². The number of nitrogens with one attached hydrogen (secondary N) is 1. The molecule has 1 amide bonds. The van der Waals surface area contributed by atoms with Gasteiger partial charge in [0.15, 0.2) is 6.10 Å². The Labute approximate surface area is 138 Å². The molecule has 5 atom stereocenters. The van der Waals surface area contributed by atoms with E-state index in [9.17, 15) is 24.9 Å². The molecular formula is C15H22N2O7. The van der Waals surface area contributed by atoms with Gasteiger partial charge in [0.1, 0.15) is 12.2 Å². The van der Waals surface area contributed by atoms with Crippen LogP contribution < -0.4 is 11.1 Å². The van der Waals surface area contributed by atoms with Gasteiger partial charge in [-0.1, -0.05) is 30.3 Å². The molecule has 134 valence electrons. The second kappa shape index (κ2) is 9.30. The molecule has 0 fully saturated rings. The topological polar surface area (TPSA) is 173 Å². The number of hydrogen-bond acceptors (Lipinski definition) is 7. The average Bonchev–Trinajstić information content (AvgIpc) is 2.58. The highest BCUT2D eigenvalue weighted by Gasteiger charge is 2.34. The number of aliphatic hydroxyl groups excluding tert-OH is 4.